The van der Waals surface area contributed by atoms with Gasteiger partial charge in [0.2, 0.25) is 0 Å². The molecule has 0 aliphatic rings. The van der Waals surface area contributed by atoms with E-state index < -0.39 is 0 Å². The lowest BCUT2D eigenvalue weighted by molar-refractivity contribution is 0.340. The second-order valence-electron chi connectivity index (χ2n) is 4.77. The van der Waals surface area contributed by atoms with E-state index in [1.165, 1.54) is 0 Å². The lowest BCUT2D eigenvalue weighted by atomic mass is 10.3. The van der Waals surface area contributed by atoms with E-state index in [1.807, 2.05) is 62.4 Å². The van der Waals surface area contributed by atoms with E-state index in [-0.39, 0.29) is 0 Å². The fourth-order valence-electron chi connectivity index (χ4n) is 2.09. The van der Waals surface area contributed by atoms with Gasteiger partial charge in [-0.25, -0.2) is 0 Å². The van der Waals surface area contributed by atoms with Gasteiger partial charge in [-0.1, -0.05) is 0 Å². The Hall–Kier alpha value is -2.36. The molecule has 0 bridgehead atoms. The predicted octanol–water partition coefficient (Wildman–Crippen LogP) is 4.01. The molecule has 0 unspecified atom stereocenters. The van der Waals surface area contributed by atoms with Gasteiger partial charge in [-0.2, -0.15) is 0 Å². The molecule has 2 aromatic rings. The number of hydrogen-bond donors (Lipinski definition) is 2. The van der Waals surface area contributed by atoms with E-state index >= 15 is 0 Å². The van der Waals surface area contributed by atoms with Crippen molar-refractivity contribution in [3.63, 3.8) is 0 Å². The van der Waals surface area contributed by atoms with Crippen LogP contribution in [-0.4, -0.2) is 26.3 Å². The maximum atomic E-state index is 5.42. The number of ether oxygens (including phenoxy) is 2. The highest BCUT2D eigenvalue weighted by molar-refractivity contribution is 5.48. The third kappa shape index (κ3) is 5.20. The fourth-order valence-corrected chi connectivity index (χ4v) is 2.09. The van der Waals surface area contributed by atoms with E-state index in [9.17, 15) is 0 Å². The zero-order valence-corrected chi connectivity index (χ0v) is 13.3. The zero-order valence-electron chi connectivity index (χ0n) is 13.3. The second-order valence-corrected chi connectivity index (χ2v) is 4.77. The number of benzene rings is 2. The highest BCUT2D eigenvalue weighted by Gasteiger charge is 1.96. The van der Waals surface area contributed by atoms with Crippen LogP contribution in [0.15, 0.2) is 48.5 Å². The average molecular weight is 300 g/mol. The largest absolute Gasteiger partial charge is 0.494 e. The molecule has 4 heteroatoms. The van der Waals surface area contributed by atoms with Crippen molar-refractivity contribution in [2.24, 2.45) is 0 Å². The van der Waals surface area contributed by atoms with Crippen molar-refractivity contribution in [1.82, 2.24) is 0 Å². The Kier molecular flexibility index (Phi) is 6.42. The maximum absolute atomic E-state index is 5.42. The first kappa shape index (κ1) is 16.0. The normalized spacial score (nSPS) is 10.1. The summed E-state index contributed by atoms with van der Waals surface area (Å²) in [6, 6.07) is 16.0. The molecule has 2 N–H and O–H groups in total. The molecule has 0 aliphatic carbocycles. The Bertz CT molecular complexity index is 487. The standard InChI is InChI=1S/C18H24N2O2/c1-3-21-17-9-5-15(6-10-17)19-13-14-20-16-7-11-18(12-8-16)22-4-2/h5-12,19-20H,3-4,13-14H2,1-2H3. The Morgan fingerprint density at radius 1 is 0.636 bits per heavy atom. The van der Waals surface area contributed by atoms with Gasteiger partial charge in [0.05, 0.1) is 13.2 Å². The SMILES string of the molecule is CCOc1ccc(NCCNc2ccc(OCC)cc2)cc1. The summed E-state index contributed by atoms with van der Waals surface area (Å²) < 4.78 is 10.8. The summed E-state index contributed by atoms with van der Waals surface area (Å²) in [5, 5.41) is 6.75. The Labute approximate surface area is 132 Å². The van der Waals surface area contributed by atoms with E-state index in [4.69, 9.17) is 9.47 Å². The molecular weight excluding hydrogens is 276 g/mol. The van der Waals surface area contributed by atoms with Gasteiger partial charge in [0.1, 0.15) is 11.5 Å². The van der Waals surface area contributed by atoms with Crippen LogP contribution < -0.4 is 20.1 Å². The molecule has 118 valence electrons. The van der Waals surface area contributed by atoms with E-state index in [0.717, 1.165) is 36.0 Å². The van der Waals surface area contributed by atoms with Crippen molar-refractivity contribution in [2.75, 3.05) is 36.9 Å². The molecule has 0 saturated heterocycles. The van der Waals surface area contributed by atoms with Gasteiger partial charge in [0, 0.05) is 24.5 Å². The van der Waals surface area contributed by atoms with Crippen molar-refractivity contribution >= 4 is 11.4 Å². The van der Waals surface area contributed by atoms with Crippen molar-refractivity contribution < 1.29 is 9.47 Å². The smallest absolute Gasteiger partial charge is 0.119 e. The van der Waals surface area contributed by atoms with Gasteiger partial charge < -0.3 is 20.1 Å². The molecule has 0 heterocycles. The first-order chi connectivity index (χ1) is 10.8. The molecule has 0 amide bonds. The molecule has 0 aromatic heterocycles. The average Bonchev–Trinajstić information content (AvgIpc) is 2.55. The van der Waals surface area contributed by atoms with Crippen LogP contribution in [0, 0.1) is 0 Å². The molecule has 0 atom stereocenters. The Morgan fingerprint density at radius 2 is 1.00 bits per heavy atom. The molecular formula is C18H24N2O2. The van der Waals surface area contributed by atoms with Crippen LogP contribution in [-0.2, 0) is 0 Å². The summed E-state index contributed by atoms with van der Waals surface area (Å²) in [6.45, 7) is 7.05. The minimum atomic E-state index is 0.693. The zero-order chi connectivity index (χ0) is 15.6. The molecule has 2 rings (SSSR count). The van der Waals surface area contributed by atoms with Gasteiger partial charge in [-0.3, -0.25) is 0 Å². The Morgan fingerprint density at radius 3 is 1.32 bits per heavy atom. The van der Waals surface area contributed by atoms with Crippen LogP contribution >= 0.6 is 0 Å². The number of rotatable bonds is 9. The number of anilines is 2. The molecule has 0 aliphatic heterocycles. The molecule has 0 fully saturated rings. The molecule has 2 aromatic carbocycles. The quantitative estimate of drug-likeness (QED) is 0.687. The summed E-state index contributed by atoms with van der Waals surface area (Å²) in [5.74, 6) is 1.81. The molecule has 0 saturated carbocycles. The molecule has 0 radical (unpaired) electrons. The summed E-state index contributed by atoms with van der Waals surface area (Å²) in [7, 11) is 0. The maximum Gasteiger partial charge on any atom is 0.119 e. The van der Waals surface area contributed by atoms with Gasteiger partial charge in [-0.05, 0) is 62.4 Å². The van der Waals surface area contributed by atoms with Crippen LogP contribution in [0.25, 0.3) is 0 Å². The van der Waals surface area contributed by atoms with E-state index in [0.29, 0.717) is 13.2 Å². The van der Waals surface area contributed by atoms with Crippen LogP contribution in [0.2, 0.25) is 0 Å². The third-order valence-corrected chi connectivity index (χ3v) is 3.11. The summed E-state index contributed by atoms with van der Waals surface area (Å²) in [5.41, 5.74) is 2.19. The Balaban J connectivity index is 1.70. The van der Waals surface area contributed by atoms with Gasteiger partial charge in [0.15, 0.2) is 0 Å². The van der Waals surface area contributed by atoms with Crippen LogP contribution in [0.1, 0.15) is 13.8 Å². The minimum absolute atomic E-state index is 0.693. The lowest BCUT2D eigenvalue weighted by Gasteiger charge is -2.10. The van der Waals surface area contributed by atoms with Crippen LogP contribution in [0.5, 0.6) is 11.5 Å². The number of hydrogen-bond acceptors (Lipinski definition) is 4. The van der Waals surface area contributed by atoms with Gasteiger partial charge in [0.25, 0.3) is 0 Å². The first-order valence-electron chi connectivity index (χ1n) is 7.75. The molecule has 0 spiro atoms. The van der Waals surface area contributed by atoms with E-state index in [1.54, 1.807) is 0 Å². The van der Waals surface area contributed by atoms with Crippen molar-refractivity contribution in [3.8, 4) is 11.5 Å². The summed E-state index contributed by atoms with van der Waals surface area (Å²) >= 11 is 0. The molecule has 4 nitrogen and oxygen atoms in total. The highest BCUT2D eigenvalue weighted by Crippen LogP contribution is 2.16. The highest BCUT2D eigenvalue weighted by atomic mass is 16.5. The fraction of sp³-hybridized carbons (Fsp3) is 0.333. The van der Waals surface area contributed by atoms with Gasteiger partial charge in [-0.15, -0.1) is 0 Å². The van der Waals surface area contributed by atoms with Crippen molar-refractivity contribution in [2.45, 2.75) is 13.8 Å². The van der Waals surface area contributed by atoms with Gasteiger partial charge >= 0.3 is 0 Å². The number of nitrogens with one attached hydrogen (secondary N) is 2. The lowest BCUT2D eigenvalue weighted by Crippen LogP contribution is -2.13. The predicted molar refractivity (Wildman–Crippen MR) is 92.2 cm³/mol. The third-order valence-electron chi connectivity index (χ3n) is 3.11. The minimum Gasteiger partial charge on any atom is -0.494 e. The topological polar surface area (TPSA) is 42.5 Å². The van der Waals surface area contributed by atoms with Crippen molar-refractivity contribution in [3.05, 3.63) is 48.5 Å². The van der Waals surface area contributed by atoms with Crippen LogP contribution in [0.4, 0.5) is 11.4 Å². The summed E-state index contributed by atoms with van der Waals surface area (Å²) in [4.78, 5) is 0. The molecule has 22 heavy (non-hydrogen) atoms. The van der Waals surface area contributed by atoms with Crippen LogP contribution in [0.3, 0.4) is 0 Å². The van der Waals surface area contributed by atoms with Crippen molar-refractivity contribution in [1.29, 1.82) is 0 Å². The first-order valence-corrected chi connectivity index (χ1v) is 7.75. The summed E-state index contributed by atoms with van der Waals surface area (Å²) in [6.07, 6.45) is 0. The monoisotopic (exact) mass is 300 g/mol. The second kappa shape index (κ2) is 8.82. The van der Waals surface area contributed by atoms with E-state index in [2.05, 4.69) is 10.6 Å².